The Bertz CT molecular complexity index is 561. The molecule has 0 aliphatic rings. The van der Waals surface area contributed by atoms with Gasteiger partial charge in [0.05, 0.1) is 23.2 Å². The molecule has 5 heteroatoms. The molecular weight excluding hydrogens is 283 g/mol. The Morgan fingerprint density at radius 3 is 2.42 bits per heavy atom. The first-order valence-electron chi connectivity index (χ1n) is 5.78. The van der Waals surface area contributed by atoms with Gasteiger partial charge in [-0.25, -0.2) is 0 Å². The van der Waals surface area contributed by atoms with E-state index in [1.54, 1.807) is 25.6 Å². The van der Waals surface area contributed by atoms with Crippen LogP contribution >= 0.6 is 23.2 Å². The lowest BCUT2D eigenvalue weighted by Gasteiger charge is -2.21. The molecule has 1 aromatic carbocycles. The zero-order valence-electron chi connectivity index (χ0n) is 10.7. The van der Waals surface area contributed by atoms with E-state index >= 15 is 0 Å². The fourth-order valence-corrected chi connectivity index (χ4v) is 2.46. The van der Waals surface area contributed by atoms with Crippen molar-refractivity contribution in [2.24, 2.45) is 0 Å². The zero-order chi connectivity index (χ0) is 13.8. The second-order valence-corrected chi connectivity index (χ2v) is 4.76. The largest absolute Gasteiger partial charge is 0.496 e. The number of benzene rings is 1. The van der Waals surface area contributed by atoms with Crippen LogP contribution in [0.4, 0.5) is 0 Å². The van der Waals surface area contributed by atoms with Crippen LogP contribution in [-0.2, 0) is 0 Å². The molecule has 1 aromatic heterocycles. The van der Waals surface area contributed by atoms with Crippen LogP contribution in [-0.4, -0.2) is 19.1 Å². The van der Waals surface area contributed by atoms with E-state index in [0.29, 0.717) is 15.8 Å². The molecule has 0 saturated heterocycles. The number of nitrogens with zero attached hydrogens (tertiary/aromatic N) is 1. The van der Waals surface area contributed by atoms with E-state index in [9.17, 15) is 0 Å². The van der Waals surface area contributed by atoms with Crippen molar-refractivity contribution in [3.05, 3.63) is 57.8 Å². The Morgan fingerprint density at radius 1 is 1.16 bits per heavy atom. The molecule has 1 atom stereocenters. The molecule has 2 rings (SSSR count). The van der Waals surface area contributed by atoms with Crippen LogP contribution in [0.5, 0.6) is 5.75 Å². The number of ether oxygens (including phenoxy) is 1. The fraction of sp³-hybridized carbons (Fsp3) is 0.214. The topological polar surface area (TPSA) is 34.2 Å². The Labute approximate surface area is 122 Å². The minimum absolute atomic E-state index is 0.107. The monoisotopic (exact) mass is 296 g/mol. The van der Waals surface area contributed by atoms with Gasteiger partial charge < -0.3 is 10.1 Å². The lowest BCUT2D eigenvalue weighted by atomic mass is 9.99. The number of halogens is 2. The van der Waals surface area contributed by atoms with Crippen LogP contribution in [0.25, 0.3) is 0 Å². The summed E-state index contributed by atoms with van der Waals surface area (Å²) in [5, 5.41) is 4.23. The molecule has 0 saturated carbocycles. The molecule has 1 heterocycles. The molecule has 19 heavy (non-hydrogen) atoms. The average Bonchev–Trinajstić information content (AvgIpc) is 2.45. The van der Waals surface area contributed by atoms with Crippen molar-refractivity contribution in [3.8, 4) is 5.75 Å². The van der Waals surface area contributed by atoms with Crippen molar-refractivity contribution in [3.63, 3.8) is 0 Å². The van der Waals surface area contributed by atoms with Gasteiger partial charge in [0.1, 0.15) is 5.75 Å². The highest BCUT2D eigenvalue weighted by molar-refractivity contribution is 6.42. The van der Waals surface area contributed by atoms with Crippen LogP contribution in [0, 0.1) is 0 Å². The van der Waals surface area contributed by atoms with Gasteiger partial charge in [-0.3, -0.25) is 4.98 Å². The van der Waals surface area contributed by atoms with E-state index in [1.165, 1.54) is 0 Å². The average molecular weight is 297 g/mol. The smallest absolute Gasteiger partial charge is 0.125 e. The molecule has 0 fully saturated rings. The second kappa shape index (κ2) is 6.24. The van der Waals surface area contributed by atoms with Gasteiger partial charge in [-0.1, -0.05) is 23.2 Å². The van der Waals surface area contributed by atoms with Gasteiger partial charge in [0.2, 0.25) is 0 Å². The molecule has 1 N–H and O–H groups in total. The van der Waals surface area contributed by atoms with Gasteiger partial charge in [0, 0.05) is 18.0 Å². The first-order chi connectivity index (χ1) is 9.19. The summed E-state index contributed by atoms with van der Waals surface area (Å²) in [6, 6.07) is 7.29. The van der Waals surface area contributed by atoms with E-state index in [1.807, 2.05) is 25.2 Å². The number of pyridine rings is 1. The van der Waals surface area contributed by atoms with Crippen molar-refractivity contribution in [2.75, 3.05) is 14.2 Å². The quantitative estimate of drug-likeness (QED) is 0.934. The van der Waals surface area contributed by atoms with Gasteiger partial charge in [-0.05, 0) is 36.9 Å². The van der Waals surface area contributed by atoms with Crippen molar-refractivity contribution in [1.29, 1.82) is 0 Å². The van der Waals surface area contributed by atoms with Gasteiger partial charge in [0.15, 0.2) is 0 Å². The van der Waals surface area contributed by atoms with Crippen LogP contribution in [0.2, 0.25) is 10.0 Å². The number of methoxy groups -OCH3 is 1. The predicted octanol–water partition coefficient (Wildman–Crippen LogP) is 3.71. The van der Waals surface area contributed by atoms with E-state index in [-0.39, 0.29) is 6.04 Å². The first kappa shape index (κ1) is 14.1. The van der Waals surface area contributed by atoms with E-state index in [0.717, 1.165) is 11.1 Å². The number of aromatic nitrogens is 1. The number of rotatable bonds is 4. The second-order valence-electron chi connectivity index (χ2n) is 3.98. The predicted molar refractivity (Wildman–Crippen MR) is 78.2 cm³/mol. The van der Waals surface area contributed by atoms with Crippen molar-refractivity contribution >= 4 is 23.2 Å². The molecule has 2 aromatic rings. The highest BCUT2D eigenvalue weighted by Gasteiger charge is 2.21. The Hall–Kier alpha value is -1.29. The van der Waals surface area contributed by atoms with E-state index in [2.05, 4.69) is 10.3 Å². The summed E-state index contributed by atoms with van der Waals surface area (Å²) in [5.41, 5.74) is 1.87. The third kappa shape index (κ3) is 2.84. The van der Waals surface area contributed by atoms with Gasteiger partial charge in [0.25, 0.3) is 0 Å². The third-order valence-corrected chi connectivity index (χ3v) is 3.75. The highest BCUT2D eigenvalue weighted by Crippen LogP contribution is 2.39. The van der Waals surface area contributed by atoms with Crippen LogP contribution in [0.1, 0.15) is 17.2 Å². The molecule has 0 amide bonds. The number of nitrogens with one attached hydrogen (secondary N) is 1. The number of hydrogen-bond donors (Lipinski definition) is 1. The highest BCUT2D eigenvalue weighted by atomic mass is 35.5. The molecule has 1 unspecified atom stereocenters. The zero-order valence-corrected chi connectivity index (χ0v) is 12.2. The molecule has 0 radical (unpaired) electrons. The Balaban J connectivity index is 2.58. The summed E-state index contributed by atoms with van der Waals surface area (Å²) >= 11 is 12.4. The first-order valence-corrected chi connectivity index (χ1v) is 6.53. The number of hydrogen-bond acceptors (Lipinski definition) is 3. The molecule has 0 spiro atoms. The van der Waals surface area contributed by atoms with Crippen molar-refractivity contribution in [1.82, 2.24) is 10.3 Å². The summed E-state index contributed by atoms with van der Waals surface area (Å²) in [7, 11) is 3.48. The molecule has 0 aliphatic carbocycles. The minimum atomic E-state index is -0.107. The summed E-state index contributed by atoms with van der Waals surface area (Å²) in [6.07, 6.45) is 3.48. The molecule has 100 valence electrons. The summed E-state index contributed by atoms with van der Waals surface area (Å²) in [6.45, 7) is 0. The van der Waals surface area contributed by atoms with Gasteiger partial charge in [-0.2, -0.15) is 0 Å². The third-order valence-electron chi connectivity index (χ3n) is 2.93. The summed E-state index contributed by atoms with van der Waals surface area (Å²) < 4.78 is 5.39. The normalized spacial score (nSPS) is 12.2. The SMILES string of the molecule is CNC(c1ccncc1)c1c(OC)ccc(Cl)c1Cl. The van der Waals surface area contributed by atoms with E-state index in [4.69, 9.17) is 27.9 Å². The van der Waals surface area contributed by atoms with Crippen molar-refractivity contribution < 1.29 is 4.74 Å². The summed E-state index contributed by atoms with van der Waals surface area (Å²) in [5.74, 6) is 0.700. The van der Waals surface area contributed by atoms with Crippen LogP contribution < -0.4 is 10.1 Å². The molecule has 0 aliphatic heterocycles. The molecular formula is C14H14Cl2N2O. The summed E-state index contributed by atoms with van der Waals surface area (Å²) in [4.78, 5) is 4.02. The minimum Gasteiger partial charge on any atom is -0.496 e. The van der Waals surface area contributed by atoms with Crippen LogP contribution in [0.15, 0.2) is 36.7 Å². The maximum absolute atomic E-state index is 6.33. The van der Waals surface area contributed by atoms with Gasteiger partial charge in [-0.15, -0.1) is 0 Å². The lowest BCUT2D eigenvalue weighted by molar-refractivity contribution is 0.405. The lowest BCUT2D eigenvalue weighted by Crippen LogP contribution is -2.19. The Morgan fingerprint density at radius 2 is 1.84 bits per heavy atom. The maximum Gasteiger partial charge on any atom is 0.125 e. The standard InChI is InChI=1S/C14H14Cl2N2O/c1-17-14(9-5-7-18-8-6-9)12-11(19-2)4-3-10(15)13(12)16/h3-8,14,17H,1-2H3. The molecule has 0 bridgehead atoms. The van der Waals surface area contributed by atoms with Crippen LogP contribution in [0.3, 0.4) is 0 Å². The fourth-order valence-electron chi connectivity index (χ4n) is 2.03. The van der Waals surface area contributed by atoms with Crippen molar-refractivity contribution in [2.45, 2.75) is 6.04 Å². The van der Waals surface area contributed by atoms with E-state index < -0.39 is 0 Å². The maximum atomic E-state index is 6.33. The van der Waals surface area contributed by atoms with Gasteiger partial charge >= 0.3 is 0 Å². The molecule has 3 nitrogen and oxygen atoms in total. The Kier molecular flexibility index (Phi) is 4.64.